The fraction of sp³-hybridized carbons (Fsp3) is 0.214. The molecular formula is C14H10Cl2N2S. The fourth-order valence-electron chi connectivity index (χ4n) is 2.38. The van der Waals surface area contributed by atoms with Gasteiger partial charge in [-0.25, -0.2) is 0 Å². The molecule has 0 saturated carbocycles. The number of benzene rings is 1. The molecule has 3 rings (SSSR count). The van der Waals surface area contributed by atoms with E-state index in [9.17, 15) is 0 Å². The SMILES string of the molecule is N#Cc1cc(NC2CCc3sc(Cl)cc32)ccc1Cl. The molecule has 1 aliphatic carbocycles. The average molecular weight is 309 g/mol. The van der Waals surface area contributed by atoms with Crippen molar-refractivity contribution in [2.24, 2.45) is 0 Å². The summed E-state index contributed by atoms with van der Waals surface area (Å²) in [5.74, 6) is 0. The van der Waals surface area contributed by atoms with E-state index < -0.39 is 0 Å². The highest BCUT2D eigenvalue weighted by molar-refractivity contribution is 7.16. The van der Waals surface area contributed by atoms with Gasteiger partial charge in [0.15, 0.2) is 0 Å². The molecule has 0 spiro atoms. The zero-order chi connectivity index (χ0) is 13.4. The van der Waals surface area contributed by atoms with E-state index in [-0.39, 0.29) is 6.04 Å². The Balaban J connectivity index is 1.85. The molecule has 2 nitrogen and oxygen atoms in total. The topological polar surface area (TPSA) is 35.8 Å². The van der Waals surface area contributed by atoms with Gasteiger partial charge in [0.05, 0.1) is 21.0 Å². The zero-order valence-electron chi connectivity index (χ0n) is 9.91. The highest BCUT2D eigenvalue weighted by Crippen LogP contribution is 2.41. The smallest absolute Gasteiger partial charge is 0.101 e. The van der Waals surface area contributed by atoms with E-state index in [1.54, 1.807) is 23.5 Å². The van der Waals surface area contributed by atoms with Crippen molar-refractivity contribution >= 4 is 40.2 Å². The third-order valence-electron chi connectivity index (χ3n) is 3.27. The van der Waals surface area contributed by atoms with Crippen LogP contribution < -0.4 is 5.32 Å². The number of nitrogens with zero attached hydrogens (tertiary/aromatic N) is 1. The summed E-state index contributed by atoms with van der Waals surface area (Å²) in [5.41, 5.74) is 2.69. The largest absolute Gasteiger partial charge is 0.378 e. The summed E-state index contributed by atoms with van der Waals surface area (Å²) in [6.07, 6.45) is 2.12. The van der Waals surface area contributed by atoms with Gasteiger partial charge < -0.3 is 5.32 Å². The molecule has 1 aromatic carbocycles. The molecule has 1 heterocycles. The molecule has 0 aliphatic heterocycles. The van der Waals surface area contributed by atoms with E-state index in [0.717, 1.165) is 22.9 Å². The van der Waals surface area contributed by atoms with Gasteiger partial charge in [0.25, 0.3) is 0 Å². The molecular weight excluding hydrogens is 299 g/mol. The molecule has 2 aromatic rings. The van der Waals surface area contributed by atoms with Crippen molar-refractivity contribution in [3.05, 3.63) is 49.6 Å². The van der Waals surface area contributed by atoms with Crippen molar-refractivity contribution < 1.29 is 0 Å². The van der Waals surface area contributed by atoms with Crippen molar-refractivity contribution in [2.45, 2.75) is 18.9 Å². The molecule has 5 heteroatoms. The van der Waals surface area contributed by atoms with Crippen molar-refractivity contribution in [1.29, 1.82) is 5.26 Å². The molecule has 1 unspecified atom stereocenters. The monoisotopic (exact) mass is 308 g/mol. The zero-order valence-corrected chi connectivity index (χ0v) is 12.2. The first-order chi connectivity index (χ1) is 9.17. The van der Waals surface area contributed by atoms with Crippen molar-refractivity contribution in [1.82, 2.24) is 0 Å². The fourth-order valence-corrected chi connectivity index (χ4v) is 3.90. The van der Waals surface area contributed by atoms with E-state index in [1.165, 1.54) is 10.4 Å². The Labute approximate surface area is 125 Å². The predicted molar refractivity (Wildman–Crippen MR) is 80.2 cm³/mol. The van der Waals surface area contributed by atoms with Gasteiger partial charge in [0, 0.05) is 10.6 Å². The highest BCUT2D eigenvalue weighted by Gasteiger charge is 2.25. The number of anilines is 1. The molecule has 0 saturated heterocycles. The van der Waals surface area contributed by atoms with Gasteiger partial charge in [-0.15, -0.1) is 11.3 Å². The molecule has 1 N–H and O–H groups in total. The first-order valence-electron chi connectivity index (χ1n) is 5.91. The summed E-state index contributed by atoms with van der Waals surface area (Å²) in [4.78, 5) is 1.36. The quantitative estimate of drug-likeness (QED) is 0.845. The highest BCUT2D eigenvalue weighted by atomic mass is 35.5. The van der Waals surface area contributed by atoms with Crippen LogP contribution in [0.1, 0.15) is 28.5 Å². The molecule has 0 bridgehead atoms. The van der Waals surface area contributed by atoms with E-state index in [1.807, 2.05) is 12.1 Å². The van der Waals surface area contributed by atoms with E-state index in [4.69, 9.17) is 28.5 Å². The van der Waals surface area contributed by atoms with Crippen molar-refractivity contribution in [2.75, 3.05) is 5.32 Å². The summed E-state index contributed by atoms with van der Waals surface area (Å²) in [6.45, 7) is 0. The van der Waals surface area contributed by atoms with Gasteiger partial charge in [0.1, 0.15) is 6.07 Å². The first-order valence-corrected chi connectivity index (χ1v) is 7.49. The van der Waals surface area contributed by atoms with E-state index >= 15 is 0 Å². The second-order valence-electron chi connectivity index (χ2n) is 4.47. The van der Waals surface area contributed by atoms with Crippen LogP contribution in [0.4, 0.5) is 5.69 Å². The molecule has 0 fully saturated rings. The standard InChI is InChI=1S/C14H10Cl2N2S/c15-11-2-1-9(5-8(11)7-17)18-12-3-4-13-10(12)6-14(16)19-13/h1-2,5-6,12,18H,3-4H2. The minimum atomic E-state index is 0.270. The second kappa shape index (κ2) is 5.05. The van der Waals surface area contributed by atoms with Gasteiger partial charge in [-0.2, -0.15) is 5.26 Å². The van der Waals surface area contributed by atoms with Crippen molar-refractivity contribution in [3.63, 3.8) is 0 Å². The van der Waals surface area contributed by atoms with E-state index in [2.05, 4.69) is 11.4 Å². The number of fused-ring (bicyclic) bond motifs is 1. The Morgan fingerprint density at radius 1 is 1.32 bits per heavy atom. The van der Waals surface area contributed by atoms with E-state index in [0.29, 0.717) is 10.6 Å². The Morgan fingerprint density at radius 3 is 2.95 bits per heavy atom. The summed E-state index contributed by atoms with van der Waals surface area (Å²) < 4.78 is 0.838. The van der Waals surface area contributed by atoms with Gasteiger partial charge in [-0.1, -0.05) is 23.2 Å². The number of nitriles is 1. The lowest BCUT2D eigenvalue weighted by Gasteiger charge is -2.15. The molecule has 1 aromatic heterocycles. The van der Waals surface area contributed by atoms with Crippen LogP contribution in [0.5, 0.6) is 0 Å². The summed E-state index contributed by atoms with van der Waals surface area (Å²) in [5, 5.41) is 12.9. The molecule has 1 aliphatic rings. The maximum atomic E-state index is 8.99. The maximum absolute atomic E-state index is 8.99. The van der Waals surface area contributed by atoms with Crippen LogP contribution in [0.15, 0.2) is 24.3 Å². The van der Waals surface area contributed by atoms with Gasteiger partial charge in [-0.3, -0.25) is 0 Å². The van der Waals surface area contributed by atoms with Gasteiger partial charge in [0.2, 0.25) is 0 Å². The number of hydrogen-bond donors (Lipinski definition) is 1. The third kappa shape index (κ3) is 2.44. The van der Waals surface area contributed by atoms with Crippen LogP contribution >= 0.6 is 34.5 Å². The minimum Gasteiger partial charge on any atom is -0.378 e. The van der Waals surface area contributed by atoms with Crippen LogP contribution in [0.25, 0.3) is 0 Å². The lowest BCUT2D eigenvalue weighted by molar-refractivity contribution is 0.762. The number of nitrogens with one attached hydrogen (secondary N) is 1. The van der Waals surface area contributed by atoms with Crippen LogP contribution in [0.3, 0.4) is 0 Å². The number of thiophene rings is 1. The normalized spacial score (nSPS) is 17.0. The first kappa shape index (κ1) is 12.8. The Hall–Kier alpha value is -1.21. The van der Waals surface area contributed by atoms with Crippen LogP contribution in [0.2, 0.25) is 9.36 Å². The second-order valence-corrected chi connectivity index (χ2v) is 6.65. The Kier molecular flexibility index (Phi) is 3.40. The average Bonchev–Trinajstić information content (AvgIpc) is 2.92. The molecule has 0 amide bonds. The summed E-state index contributed by atoms with van der Waals surface area (Å²) >= 11 is 13.6. The Bertz CT molecular complexity index is 673. The number of aryl methyl sites for hydroxylation is 1. The lowest BCUT2D eigenvalue weighted by atomic mass is 10.1. The minimum absolute atomic E-state index is 0.270. The molecule has 19 heavy (non-hydrogen) atoms. The lowest BCUT2D eigenvalue weighted by Crippen LogP contribution is -2.06. The number of rotatable bonds is 2. The molecule has 96 valence electrons. The van der Waals surface area contributed by atoms with Gasteiger partial charge in [-0.05, 0) is 42.7 Å². The predicted octanol–water partition coefficient (Wildman–Crippen LogP) is 5.03. The summed E-state index contributed by atoms with van der Waals surface area (Å²) in [7, 11) is 0. The molecule has 1 atom stereocenters. The molecule has 0 radical (unpaired) electrons. The summed E-state index contributed by atoms with van der Waals surface area (Å²) in [6, 6.07) is 9.83. The number of halogens is 2. The van der Waals surface area contributed by atoms with Crippen molar-refractivity contribution in [3.8, 4) is 6.07 Å². The Morgan fingerprint density at radius 2 is 2.16 bits per heavy atom. The third-order valence-corrected chi connectivity index (χ3v) is 4.94. The van der Waals surface area contributed by atoms with Crippen LogP contribution in [0, 0.1) is 11.3 Å². The van der Waals surface area contributed by atoms with Crippen LogP contribution in [-0.4, -0.2) is 0 Å². The maximum Gasteiger partial charge on any atom is 0.101 e. The van der Waals surface area contributed by atoms with Crippen LogP contribution in [-0.2, 0) is 6.42 Å². The van der Waals surface area contributed by atoms with Gasteiger partial charge >= 0.3 is 0 Å². The number of hydrogen-bond acceptors (Lipinski definition) is 3.